The van der Waals surface area contributed by atoms with Gasteiger partial charge in [-0.3, -0.25) is 5.10 Å². The largest absolute Gasteiger partial charge is 0.301 e. The zero-order chi connectivity index (χ0) is 12.5. The second-order valence-corrected chi connectivity index (χ2v) is 5.27. The van der Waals surface area contributed by atoms with Crippen LogP contribution in [0.25, 0.3) is 11.2 Å². The third kappa shape index (κ3) is 1.99. The highest BCUT2D eigenvalue weighted by Gasteiger charge is 2.25. The summed E-state index contributed by atoms with van der Waals surface area (Å²) in [6.45, 7) is 6.83. The zero-order valence-electron chi connectivity index (χ0n) is 10.9. The van der Waals surface area contributed by atoms with Crippen LogP contribution in [0.3, 0.4) is 0 Å². The van der Waals surface area contributed by atoms with Crippen molar-refractivity contribution in [2.45, 2.75) is 38.6 Å². The van der Waals surface area contributed by atoms with Gasteiger partial charge in [0.05, 0.1) is 5.69 Å². The molecular weight excluding hydrogens is 226 g/mol. The minimum Gasteiger partial charge on any atom is -0.301 e. The quantitative estimate of drug-likeness (QED) is 0.878. The van der Waals surface area contributed by atoms with Gasteiger partial charge in [-0.25, -0.2) is 9.97 Å². The first-order valence-electron chi connectivity index (χ1n) is 6.64. The summed E-state index contributed by atoms with van der Waals surface area (Å²) in [4.78, 5) is 11.2. The number of rotatable bonds is 2. The summed E-state index contributed by atoms with van der Waals surface area (Å²) in [6.07, 6.45) is 5.77. The van der Waals surface area contributed by atoms with Gasteiger partial charge in [-0.15, -0.1) is 0 Å². The number of nitrogens with one attached hydrogen (secondary N) is 1. The lowest BCUT2D eigenvalue weighted by molar-refractivity contribution is 0.171. The third-order valence-corrected chi connectivity index (χ3v) is 3.88. The van der Waals surface area contributed by atoms with Crippen molar-refractivity contribution in [1.29, 1.82) is 0 Å². The Hall–Kier alpha value is -1.49. The summed E-state index contributed by atoms with van der Waals surface area (Å²) in [6, 6.07) is 0.643. The van der Waals surface area contributed by atoms with Crippen molar-refractivity contribution in [3.05, 3.63) is 18.1 Å². The highest BCUT2D eigenvalue weighted by Crippen LogP contribution is 2.30. The number of likely N-dealkylation sites (tertiary alicyclic amines) is 1. The number of H-pyrrole nitrogens is 1. The molecule has 0 bridgehead atoms. The second-order valence-electron chi connectivity index (χ2n) is 5.27. The molecule has 1 aliphatic rings. The van der Waals surface area contributed by atoms with Gasteiger partial charge in [0.2, 0.25) is 0 Å². The molecule has 1 saturated heterocycles. The molecule has 1 fully saturated rings. The van der Waals surface area contributed by atoms with Gasteiger partial charge >= 0.3 is 0 Å². The maximum atomic E-state index is 4.40. The molecule has 3 heterocycles. The fourth-order valence-corrected chi connectivity index (χ4v) is 2.76. The molecule has 5 heteroatoms. The Balaban J connectivity index is 1.80. The summed E-state index contributed by atoms with van der Waals surface area (Å²) >= 11 is 0. The van der Waals surface area contributed by atoms with Gasteiger partial charge in [0.1, 0.15) is 5.52 Å². The van der Waals surface area contributed by atoms with Crippen LogP contribution in [-0.4, -0.2) is 44.2 Å². The average molecular weight is 245 g/mol. The predicted molar refractivity (Wildman–Crippen MR) is 70.4 cm³/mol. The fraction of sp³-hybridized carbons (Fsp3) is 0.615. The van der Waals surface area contributed by atoms with E-state index in [1.54, 1.807) is 12.4 Å². The van der Waals surface area contributed by atoms with E-state index in [1.165, 1.54) is 18.5 Å². The summed E-state index contributed by atoms with van der Waals surface area (Å²) < 4.78 is 0. The van der Waals surface area contributed by atoms with Crippen molar-refractivity contribution >= 4 is 11.2 Å². The highest BCUT2D eigenvalue weighted by molar-refractivity contribution is 5.72. The zero-order valence-corrected chi connectivity index (χ0v) is 10.9. The molecule has 0 amide bonds. The molecule has 0 unspecified atom stereocenters. The van der Waals surface area contributed by atoms with E-state index in [-0.39, 0.29) is 0 Å². The molecule has 1 aliphatic heterocycles. The van der Waals surface area contributed by atoms with Crippen LogP contribution in [0.1, 0.15) is 38.3 Å². The van der Waals surface area contributed by atoms with Gasteiger partial charge in [0, 0.05) is 24.4 Å². The predicted octanol–water partition coefficient (Wildman–Crippen LogP) is 1.94. The molecule has 0 saturated carbocycles. The molecular formula is C13H19N5. The van der Waals surface area contributed by atoms with Crippen molar-refractivity contribution < 1.29 is 0 Å². The van der Waals surface area contributed by atoms with Crippen LogP contribution in [0.2, 0.25) is 0 Å². The lowest BCUT2D eigenvalue weighted by atomic mass is 9.92. The monoisotopic (exact) mass is 245 g/mol. The number of fused-ring (bicyclic) bond motifs is 1. The van der Waals surface area contributed by atoms with Crippen molar-refractivity contribution in [2.75, 3.05) is 13.1 Å². The Labute approximate surface area is 107 Å². The Morgan fingerprint density at radius 2 is 1.94 bits per heavy atom. The van der Waals surface area contributed by atoms with Crippen LogP contribution in [0.15, 0.2) is 12.4 Å². The number of hydrogen-bond donors (Lipinski definition) is 1. The van der Waals surface area contributed by atoms with Crippen molar-refractivity contribution in [3.63, 3.8) is 0 Å². The average Bonchev–Trinajstić information content (AvgIpc) is 2.82. The standard InChI is InChI=1S/C13H19N5/c1-9(2)18-7-3-10(4-8-18)11-12-13(17-16-11)15-6-5-14-12/h5-6,9-10H,3-4,7-8H2,1-2H3,(H,15,16,17). The first-order chi connectivity index (χ1) is 8.75. The molecule has 0 spiro atoms. The normalized spacial score (nSPS) is 18.8. The Morgan fingerprint density at radius 3 is 2.67 bits per heavy atom. The Bertz CT molecular complexity index is 525. The van der Waals surface area contributed by atoms with E-state index in [0.717, 1.165) is 24.3 Å². The molecule has 3 rings (SSSR count). The Kier molecular flexibility index (Phi) is 2.99. The van der Waals surface area contributed by atoms with Gasteiger partial charge in [-0.2, -0.15) is 5.10 Å². The number of aromatic nitrogens is 4. The van der Waals surface area contributed by atoms with Crippen molar-refractivity contribution in [1.82, 2.24) is 25.1 Å². The van der Waals surface area contributed by atoms with Crippen LogP contribution in [0.4, 0.5) is 0 Å². The van der Waals surface area contributed by atoms with Gasteiger partial charge in [-0.05, 0) is 39.8 Å². The van der Waals surface area contributed by atoms with E-state index >= 15 is 0 Å². The molecule has 18 heavy (non-hydrogen) atoms. The number of nitrogens with zero attached hydrogens (tertiary/aromatic N) is 4. The van der Waals surface area contributed by atoms with Crippen LogP contribution in [0, 0.1) is 0 Å². The van der Waals surface area contributed by atoms with E-state index in [2.05, 4.69) is 38.9 Å². The first-order valence-corrected chi connectivity index (χ1v) is 6.64. The van der Waals surface area contributed by atoms with Crippen LogP contribution < -0.4 is 0 Å². The molecule has 96 valence electrons. The maximum Gasteiger partial charge on any atom is 0.199 e. The van der Waals surface area contributed by atoms with Gasteiger partial charge in [-0.1, -0.05) is 0 Å². The fourth-order valence-electron chi connectivity index (χ4n) is 2.76. The second kappa shape index (κ2) is 4.65. The number of aromatic amines is 1. The van der Waals surface area contributed by atoms with E-state index in [4.69, 9.17) is 0 Å². The van der Waals surface area contributed by atoms with E-state index in [0.29, 0.717) is 12.0 Å². The van der Waals surface area contributed by atoms with Gasteiger partial charge < -0.3 is 4.90 Å². The van der Waals surface area contributed by atoms with Crippen LogP contribution in [-0.2, 0) is 0 Å². The molecule has 2 aromatic rings. The van der Waals surface area contributed by atoms with Gasteiger partial charge in [0.25, 0.3) is 0 Å². The summed E-state index contributed by atoms with van der Waals surface area (Å²) in [7, 11) is 0. The molecule has 1 N–H and O–H groups in total. The maximum absolute atomic E-state index is 4.40. The smallest absolute Gasteiger partial charge is 0.199 e. The molecule has 2 aromatic heterocycles. The minimum absolute atomic E-state index is 0.543. The van der Waals surface area contributed by atoms with E-state index < -0.39 is 0 Å². The highest BCUT2D eigenvalue weighted by atomic mass is 15.2. The number of piperidine rings is 1. The van der Waals surface area contributed by atoms with Crippen molar-refractivity contribution in [2.24, 2.45) is 0 Å². The van der Waals surface area contributed by atoms with Crippen molar-refractivity contribution in [3.8, 4) is 0 Å². The first kappa shape index (κ1) is 11.6. The van der Waals surface area contributed by atoms with Crippen LogP contribution in [0.5, 0.6) is 0 Å². The number of hydrogen-bond acceptors (Lipinski definition) is 4. The molecule has 0 radical (unpaired) electrons. The lowest BCUT2D eigenvalue weighted by Crippen LogP contribution is -2.37. The topological polar surface area (TPSA) is 57.7 Å². The SMILES string of the molecule is CC(C)N1CCC(c2[nH]nc3nccnc23)CC1. The summed E-state index contributed by atoms with van der Waals surface area (Å²) in [5.41, 5.74) is 2.85. The molecule has 0 aromatic carbocycles. The Morgan fingerprint density at radius 1 is 1.22 bits per heavy atom. The van der Waals surface area contributed by atoms with E-state index in [1.807, 2.05) is 0 Å². The molecule has 0 atom stereocenters. The van der Waals surface area contributed by atoms with Crippen LogP contribution >= 0.6 is 0 Å². The molecule has 0 aliphatic carbocycles. The third-order valence-electron chi connectivity index (χ3n) is 3.88. The van der Waals surface area contributed by atoms with Gasteiger partial charge in [0.15, 0.2) is 5.65 Å². The summed E-state index contributed by atoms with van der Waals surface area (Å²) in [5, 5.41) is 7.37. The molecule has 5 nitrogen and oxygen atoms in total. The summed E-state index contributed by atoms with van der Waals surface area (Å²) in [5.74, 6) is 0.543. The van der Waals surface area contributed by atoms with E-state index in [9.17, 15) is 0 Å². The minimum atomic E-state index is 0.543. The lowest BCUT2D eigenvalue weighted by Gasteiger charge is -2.34.